The summed E-state index contributed by atoms with van der Waals surface area (Å²) >= 11 is 0. The third-order valence-electron chi connectivity index (χ3n) is 20.1. The highest BCUT2D eigenvalue weighted by molar-refractivity contribution is 7.47. The van der Waals surface area contributed by atoms with E-state index in [1.165, 1.54) is 295 Å². The summed E-state index contributed by atoms with van der Waals surface area (Å²) in [6.45, 7) is 5.04. The van der Waals surface area contributed by atoms with E-state index in [4.69, 9.17) is 37.0 Å². The van der Waals surface area contributed by atoms with E-state index in [0.29, 0.717) is 25.7 Å². The Morgan fingerprint density at radius 1 is 0.231 bits per heavy atom. The Bertz CT molecular complexity index is 1960. The maximum atomic E-state index is 13.1. The largest absolute Gasteiger partial charge is 0.472 e. The van der Waals surface area contributed by atoms with E-state index in [0.717, 1.165) is 89.9 Å². The van der Waals surface area contributed by atoms with Gasteiger partial charge < -0.3 is 33.8 Å². The number of phosphoric ester groups is 2. The van der Waals surface area contributed by atoms with Gasteiger partial charge in [0, 0.05) is 25.7 Å². The second-order valence-corrected chi connectivity index (χ2v) is 33.5. The van der Waals surface area contributed by atoms with E-state index < -0.39 is 97.5 Å². The van der Waals surface area contributed by atoms with Crippen LogP contribution < -0.4 is 0 Å². The average molecular weight is 1520 g/mol. The number of esters is 4. The van der Waals surface area contributed by atoms with Gasteiger partial charge in [-0.25, -0.2) is 9.13 Å². The number of hydrogen-bond donors (Lipinski definition) is 3. The van der Waals surface area contributed by atoms with Crippen LogP contribution in [0.1, 0.15) is 464 Å². The molecule has 618 valence electrons. The summed E-state index contributed by atoms with van der Waals surface area (Å²) < 4.78 is 68.8. The number of ether oxygens (including phenoxy) is 4. The molecule has 0 amide bonds. The van der Waals surface area contributed by atoms with Gasteiger partial charge in [0.2, 0.25) is 0 Å². The van der Waals surface area contributed by atoms with Gasteiger partial charge >= 0.3 is 39.5 Å². The van der Waals surface area contributed by atoms with Crippen LogP contribution in [0.2, 0.25) is 0 Å². The van der Waals surface area contributed by atoms with Gasteiger partial charge in [-0.3, -0.25) is 37.3 Å². The molecule has 0 fully saturated rings. The number of aliphatic hydroxyl groups excluding tert-OH is 1. The lowest BCUT2D eigenvalue weighted by Gasteiger charge is -2.21. The molecular weight excluding hydrogens is 1350 g/mol. The molecule has 0 bridgehead atoms. The molecule has 0 aliphatic rings. The molecule has 0 aliphatic carbocycles. The Labute approximate surface area is 638 Å². The number of rotatable bonds is 86. The van der Waals surface area contributed by atoms with E-state index in [9.17, 15) is 43.2 Å². The molecule has 17 nitrogen and oxygen atoms in total. The summed E-state index contributed by atoms with van der Waals surface area (Å²) in [7, 11) is -9.92. The van der Waals surface area contributed by atoms with Gasteiger partial charge in [0.15, 0.2) is 12.2 Å². The van der Waals surface area contributed by atoms with Gasteiger partial charge in [0.25, 0.3) is 0 Å². The monoisotopic (exact) mass is 1520 g/mol. The van der Waals surface area contributed by atoms with Crippen molar-refractivity contribution in [3.63, 3.8) is 0 Å². The van der Waals surface area contributed by atoms with Crippen LogP contribution in [0.15, 0.2) is 0 Å². The Morgan fingerprint density at radius 2 is 0.385 bits per heavy atom. The van der Waals surface area contributed by atoms with Gasteiger partial charge in [-0.05, 0) is 25.7 Å². The zero-order valence-electron chi connectivity index (χ0n) is 68.0. The van der Waals surface area contributed by atoms with Crippen LogP contribution >= 0.6 is 15.6 Å². The molecule has 0 aliphatic heterocycles. The molecule has 0 saturated heterocycles. The van der Waals surface area contributed by atoms with Gasteiger partial charge in [0.1, 0.15) is 19.3 Å². The molecule has 0 heterocycles. The van der Waals surface area contributed by atoms with Crippen LogP contribution in [-0.2, 0) is 65.4 Å². The smallest absolute Gasteiger partial charge is 0.462 e. The molecular formula is C85H166O17P2. The lowest BCUT2D eigenvalue weighted by Crippen LogP contribution is -2.30. The highest BCUT2D eigenvalue weighted by Crippen LogP contribution is 2.45. The van der Waals surface area contributed by atoms with Crippen molar-refractivity contribution in [1.29, 1.82) is 0 Å². The predicted octanol–water partition coefficient (Wildman–Crippen LogP) is 26.1. The van der Waals surface area contributed by atoms with E-state index >= 15 is 0 Å². The van der Waals surface area contributed by atoms with Crippen LogP contribution in [0.4, 0.5) is 0 Å². The second kappa shape index (κ2) is 79.2. The second-order valence-electron chi connectivity index (χ2n) is 30.6. The van der Waals surface area contributed by atoms with E-state index in [1.807, 2.05) is 0 Å². The molecule has 0 aromatic heterocycles. The minimum Gasteiger partial charge on any atom is -0.462 e. The number of unbranched alkanes of at least 4 members (excludes halogenated alkanes) is 60. The van der Waals surface area contributed by atoms with Crippen molar-refractivity contribution in [2.24, 2.45) is 0 Å². The fourth-order valence-corrected chi connectivity index (χ4v) is 14.9. The maximum Gasteiger partial charge on any atom is 0.472 e. The normalized spacial score (nSPS) is 13.7. The van der Waals surface area contributed by atoms with Crippen molar-refractivity contribution in [1.82, 2.24) is 0 Å². The maximum absolute atomic E-state index is 13.1. The molecule has 2 unspecified atom stereocenters. The lowest BCUT2D eigenvalue weighted by atomic mass is 10.0. The predicted molar refractivity (Wildman–Crippen MR) is 428 cm³/mol. The minimum atomic E-state index is -4.96. The van der Waals surface area contributed by atoms with Crippen LogP contribution in [0, 0.1) is 0 Å². The van der Waals surface area contributed by atoms with Crippen LogP contribution in [0.3, 0.4) is 0 Å². The molecule has 19 heteroatoms. The first-order valence-corrected chi connectivity index (χ1v) is 47.3. The molecule has 0 spiro atoms. The third-order valence-corrected chi connectivity index (χ3v) is 22.0. The van der Waals surface area contributed by atoms with Crippen LogP contribution in [0.25, 0.3) is 0 Å². The van der Waals surface area contributed by atoms with Crippen LogP contribution in [-0.4, -0.2) is 96.7 Å². The highest BCUT2D eigenvalue weighted by atomic mass is 31.2. The Hall–Kier alpha value is -1.94. The summed E-state index contributed by atoms with van der Waals surface area (Å²) in [5, 5.41) is 10.7. The summed E-state index contributed by atoms with van der Waals surface area (Å²) in [6.07, 6.45) is 73.6. The quantitative estimate of drug-likeness (QED) is 0.0222. The van der Waals surface area contributed by atoms with Crippen LogP contribution in [0.5, 0.6) is 0 Å². The van der Waals surface area contributed by atoms with E-state index in [1.54, 1.807) is 0 Å². The van der Waals surface area contributed by atoms with Crippen molar-refractivity contribution in [3.8, 4) is 0 Å². The van der Waals surface area contributed by atoms with Gasteiger partial charge in [-0.2, -0.15) is 0 Å². The summed E-state index contributed by atoms with van der Waals surface area (Å²) in [5.41, 5.74) is 0. The molecule has 0 aromatic carbocycles. The summed E-state index contributed by atoms with van der Waals surface area (Å²) in [4.78, 5) is 73.1. The minimum absolute atomic E-state index is 0.109. The molecule has 0 rings (SSSR count). The highest BCUT2D eigenvalue weighted by Gasteiger charge is 2.30. The molecule has 0 radical (unpaired) electrons. The number of phosphoric acid groups is 2. The van der Waals surface area contributed by atoms with Crippen molar-refractivity contribution in [3.05, 3.63) is 0 Å². The first-order valence-electron chi connectivity index (χ1n) is 44.3. The third kappa shape index (κ3) is 78.2. The fourth-order valence-electron chi connectivity index (χ4n) is 13.3. The molecule has 0 saturated carbocycles. The first kappa shape index (κ1) is 102. The topological polar surface area (TPSA) is 237 Å². The lowest BCUT2D eigenvalue weighted by molar-refractivity contribution is -0.161. The molecule has 5 atom stereocenters. The molecule has 3 N–H and O–H groups in total. The molecule has 0 aromatic rings. The zero-order chi connectivity index (χ0) is 76.0. The zero-order valence-corrected chi connectivity index (χ0v) is 69.8. The fraction of sp³-hybridized carbons (Fsp3) is 0.953. The standard InChI is InChI=1S/C85H166O17P2/c1-5-9-13-17-21-25-29-32-35-37-39-40-42-44-46-49-52-56-60-64-68-72-85(90)102-81(76-96-83(88)70-66-62-58-54-50-48-45-43-41-38-36-33-30-26-22-18-14-10-6-2)78-100-104(93,94)98-74-79(86)73-97-103(91,92)99-77-80(75-95-82(87)69-65-61-57-53-28-24-20-16-12-8-4)101-84(89)71-67-63-59-55-51-47-34-31-27-23-19-15-11-7-3/h79-81,86H,5-78H2,1-4H3,(H,91,92)(H,93,94)/t79-,80+,81+/m0/s1. The van der Waals surface area contributed by atoms with Crippen molar-refractivity contribution < 1.29 is 80.2 Å². The average Bonchev–Trinajstić information content (AvgIpc) is 0.918. The number of aliphatic hydroxyl groups is 1. The Kier molecular flexibility index (Phi) is 77.7. The van der Waals surface area contributed by atoms with Crippen molar-refractivity contribution >= 4 is 39.5 Å². The number of carbonyl (C=O) groups is 4. The Balaban J connectivity index is 5.21. The molecule has 104 heavy (non-hydrogen) atoms. The van der Waals surface area contributed by atoms with E-state index in [-0.39, 0.29) is 25.7 Å². The van der Waals surface area contributed by atoms with Gasteiger partial charge in [0.05, 0.1) is 26.4 Å². The number of hydrogen-bond acceptors (Lipinski definition) is 15. The van der Waals surface area contributed by atoms with Crippen molar-refractivity contribution in [2.75, 3.05) is 39.6 Å². The van der Waals surface area contributed by atoms with Gasteiger partial charge in [-0.15, -0.1) is 0 Å². The first-order chi connectivity index (χ1) is 50.7. The summed E-state index contributed by atoms with van der Waals surface area (Å²) in [5.74, 6) is -2.10. The Morgan fingerprint density at radius 3 is 0.567 bits per heavy atom. The van der Waals surface area contributed by atoms with E-state index in [2.05, 4.69) is 27.7 Å². The van der Waals surface area contributed by atoms with Crippen molar-refractivity contribution in [2.45, 2.75) is 483 Å². The number of carbonyl (C=O) groups excluding carboxylic acids is 4. The summed E-state index contributed by atoms with van der Waals surface area (Å²) in [6, 6.07) is 0. The SMILES string of the molecule is CCCCCCCCCCCCCCCCCCCCCCCC(=O)O[C@H](COC(=O)CCCCCCCCCCCCCCCCCCCCC)COP(=O)(O)OC[C@@H](O)COP(=O)(O)OC[C@@H](COC(=O)CCCCCCCCCCCC)OC(=O)CCCCCCCCCCCCCCCC. The van der Waals surface area contributed by atoms with Gasteiger partial charge in [-0.1, -0.05) is 413 Å².